The fourth-order valence-corrected chi connectivity index (χ4v) is 3.88. The van der Waals surface area contributed by atoms with Crippen LogP contribution in [0.5, 0.6) is 0 Å². The van der Waals surface area contributed by atoms with Crippen molar-refractivity contribution in [1.82, 2.24) is 4.90 Å². The van der Waals surface area contributed by atoms with Crippen molar-refractivity contribution in [2.75, 3.05) is 38.2 Å². The Labute approximate surface area is 114 Å². The predicted molar refractivity (Wildman–Crippen MR) is 74.9 cm³/mol. The van der Waals surface area contributed by atoms with Gasteiger partial charge in [-0.1, -0.05) is 6.07 Å². The van der Waals surface area contributed by atoms with E-state index in [-0.39, 0.29) is 16.8 Å². The van der Waals surface area contributed by atoms with Gasteiger partial charge in [-0.15, -0.1) is 0 Å². The first-order valence-corrected chi connectivity index (χ1v) is 7.93. The third kappa shape index (κ3) is 3.46. The molecule has 0 saturated carbocycles. The van der Waals surface area contributed by atoms with Crippen LogP contribution in [0.2, 0.25) is 0 Å². The van der Waals surface area contributed by atoms with Gasteiger partial charge in [0.25, 0.3) is 0 Å². The molecule has 5 nitrogen and oxygen atoms in total. The summed E-state index contributed by atoms with van der Waals surface area (Å²) >= 11 is 0. The molecule has 19 heavy (non-hydrogen) atoms. The minimum atomic E-state index is -3.41. The van der Waals surface area contributed by atoms with Crippen molar-refractivity contribution in [2.45, 2.75) is 17.9 Å². The van der Waals surface area contributed by atoms with Gasteiger partial charge >= 0.3 is 0 Å². The van der Waals surface area contributed by atoms with Gasteiger partial charge in [0.05, 0.1) is 29.0 Å². The van der Waals surface area contributed by atoms with E-state index in [1.165, 1.54) is 0 Å². The first-order chi connectivity index (χ1) is 8.88. The van der Waals surface area contributed by atoms with Crippen molar-refractivity contribution in [3.63, 3.8) is 0 Å². The lowest BCUT2D eigenvalue weighted by atomic mass is 10.2. The number of nitrogens with two attached hydrogens (primary N) is 1. The van der Waals surface area contributed by atoms with Crippen molar-refractivity contribution < 1.29 is 13.2 Å². The lowest BCUT2D eigenvalue weighted by molar-refractivity contribution is -0.00680. The van der Waals surface area contributed by atoms with E-state index in [9.17, 15) is 8.42 Å². The van der Waals surface area contributed by atoms with E-state index >= 15 is 0 Å². The predicted octanol–water partition coefficient (Wildman–Crippen LogP) is 0.682. The number of aryl methyl sites for hydroxylation is 1. The van der Waals surface area contributed by atoms with E-state index in [0.717, 1.165) is 12.1 Å². The van der Waals surface area contributed by atoms with Crippen LogP contribution in [-0.4, -0.2) is 51.9 Å². The Bertz CT molecular complexity index is 557. The van der Waals surface area contributed by atoms with Gasteiger partial charge in [0.1, 0.15) is 0 Å². The molecule has 0 aromatic heterocycles. The van der Waals surface area contributed by atoms with E-state index < -0.39 is 9.84 Å². The molecule has 1 saturated heterocycles. The highest BCUT2D eigenvalue weighted by molar-refractivity contribution is 7.91. The number of sulfone groups is 1. The number of benzene rings is 1. The van der Waals surface area contributed by atoms with Crippen molar-refractivity contribution in [3.05, 3.63) is 23.8 Å². The van der Waals surface area contributed by atoms with E-state index in [1.54, 1.807) is 18.2 Å². The Morgan fingerprint density at radius 2 is 2.21 bits per heavy atom. The van der Waals surface area contributed by atoms with Crippen molar-refractivity contribution in [1.29, 1.82) is 0 Å². The Morgan fingerprint density at radius 3 is 2.89 bits per heavy atom. The molecule has 2 rings (SSSR count). The maximum absolute atomic E-state index is 12.4. The number of hydrogen-bond acceptors (Lipinski definition) is 5. The smallest absolute Gasteiger partial charge is 0.183 e. The van der Waals surface area contributed by atoms with Crippen molar-refractivity contribution in [3.8, 4) is 0 Å². The molecule has 1 heterocycles. The first-order valence-electron chi connectivity index (χ1n) is 6.27. The Morgan fingerprint density at radius 1 is 1.47 bits per heavy atom. The second kappa shape index (κ2) is 5.48. The maximum atomic E-state index is 12.4. The largest absolute Gasteiger partial charge is 0.398 e. The zero-order valence-electron chi connectivity index (χ0n) is 11.3. The molecule has 1 fully saturated rings. The number of likely N-dealkylation sites (N-methyl/N-ethyl adjacent to an activating group) is 1. The number of nitrogens with zero attached hydrogens (tertiary/aromatic N) is 1. The second-order valence-corrected chi connectivity index (χ2v) is 7.08. The summed E-state index contributed by atoms with van der Waals surface area (Å²) < 4.78 is 30.3. The molecule has 1 aliphatic rings. The van der Waals surface area contributed by atoms with Crippen LogP contribution in [0.4, 0.5) is 5.69 Å². The molecule has 2 N–H and O–H groups in total. The fraction of sp³-hybridized carbons (Fsp3) is 0.538. The SMILES string of the molecule is Cc1ccc(N)c(S(=O)(=O)CC2CN(C)CCO2)c1. The highest BCUT2D eigenvalue weighted by atomic mass is 32.2. The van der Waals surface area contributed by atoms with E-state index in [2.05, 4.69) is 4.90 Å². The Kier molecular flexibility index (Phi) is 4.13. The summed E-state index contributed by atoms with van der Waals surface area (Å²) in [5, 5.41) is 0. The van der Waals surface area contributed by atoms with Crippen LogP contribution >= 0.6 is 0 Å². The molecule has 1 aromatic carbocycles. The van der Waals surface area contributed by atoms with Crippen molar-refractivity contribution >= 4 is 15.5 Å². The van der Waals surface area contributed by atoms with Crippen LogP contribution in [-0.2, 0) is 14.6 Å². The van der Waals surface area contributed by atoms with Gasteiger partial charge in [-0.25, -0.2) is 8.42 Å². The molecule has 1 aliphatic heterocycles. The van der Waals surface area contributed by atoms with Crippen LogP contribution in [0.15, 0.2) is 23.1 Å². The normalized spacial score (nSPS) is 21.5. The lowest BCUT2D eigenvalue weighted by Gasteiger charge is -2.29. The molecule has 0 aliphatic carbocycles. The van der Waals surface area contributed by atoms with Crippen LogP contribution in [0.25, 0.3) is 0 Å². The van der Waals surface area contributed by atoms with E-state index in [1.807, 2.05) is 14.0 Å². The van der Waals surface area contributed by atoms with Gasteiger partial charge in [0, 0.05) is 13.1 Å². The zero-order chi connectivity index (χ0) is 14.0. The number of anilines is 1. The number of ether oxygens (including phenoxy) is 1. The van der Waals surface area contributed by atoms with Gasteiger partial charge in [-0.05, 0) is 31.7 Å². The van der Waals surface area contributed by atoms with Gasteiger partial charge in [0.15, 0.2) is 9.84 Å². The van der Waals surface area contributed by atoms with Gasteiger partial charge in [0.2, 0.25) is 0 Å². The minimum absolute atomic E-state index is 0.0228. The fourth-order valence-electron chi connectivity index (χ4n) is 2.21. The number of rotatable bonds is 3. The molecule has 1 unspecified atom stereocenters. The van der Waals surface area contributed by atoms with E-state index in [4.69, 9.17) is 10.5 Å². The molecule has 106 valence electrons. The van der Waals surface area contributed by atoms with Gasteiger partial charge in [-0.3, -0.25) is 0 Å². The third-order valence-electron chi connectivity index (χ3n) is 3.25. The maximum Gasteiger partial charge on any atom is 0.183 e. The van der Waals surface area contributed by atoms with Crippen molar-refractivity contribution in [2.24, 2.45) is 0 Å². The summed E-state index contributed by atoms with van der Waals surface area (Å²) in [5.74, 6) is -0.0228. The molecule has 0 bridgehead atoms. The summed E-state index contributed by atoms with van der Waals surface area (Å²) in [4.78, 5) is 2.29. The van der Waals surface area contributed by atoms with Crippen LogP contribution < -0.4 is 5.73 Å². The summed E-state index contributed by atoms with van der Waals surface area (Å²) in [6, 6.07) is 5.06. The van der Waals surface area contributed by atoms with Gasteiger partial charge in [-0.2, -0.15) is 0 Å². The molecule has 6 heteroatoms. The number of hydrogen-bond donors (Lipinski definition) is 1. The molecule has 1 atom stereocenters. The van der Waals surface area contributed by atoms with E-state index in [0.29, 0.717) is 18.8 Å². The lowest BCUT2D eigenvalue weighted by Crippen LogP contribution is -2.43. The highest BCUT2D eigenvalue weighted by Gasteiger charge is 2.26. The van der Waals surface area contributed by atoms with Crippen LogP contribution in [0.1, 0.15) is 5.56 Å². The molecule has 0 radical (unpaired) electrons. The summed E-state index contributed by atoms with van der Waals surface area (Å²) in [6.45, 7) is 3.89. The highest BCUT2D eigenvalue weighted by Crippen LogP contribution is 2.22. The quantitative estimate of drug-likeness (QED) is 0.826. The van der Waals surface area contributed by atoms with Crippen LogP contribution in [0, 0.1) is 6.92 Å². The molecule has 0 amide bonds. The van der Waals surface area contributed by atoms with Crippen LogP contribution in [0.3, 0.4) is 0 Å². The average Bonchev–Trinajstić information content (AvgIpc) is 2.31. The molecular formula is C13H20N2O3S. The monoisotopic (exact) mass is 284 g/mol. The summed E-state index contributed by atoms with van der Waals surface area (Å²) in [5.41, 5.74) is 6.96. The Hall–Kier alpha value is -1.11. The summed E-state index contributed by atoms with van der Waals surface area (Å²) in [6.07, 6.45) is -0.288. The topological polar surface area (TPSA) is 72.6 Å². The first kappa shape index (κ1) is 14.3. The third-order valence-corrected chi connectivity index (χ3v) is 5.09. The Balaban J connectivity index is 2.20. The molecule has 0 spiro atoms. The second-order valence-electron chi connectivity index (χ2n) is 5.08. The van der Waals surface area contributed by atoms with Gasteiger partial charge < -0.3 is 15.4 Å². The number of morpholine rings is 1. The molecular weight excluding hydrogens is 264 g/mol. The minimum Gasteiger partial charge on any atom is -0.398 e. The summed E-state index contributed by atoms with van der Waals surface area (Å²) in [7, 11) is -1.45. The molecule has 1 aromatic rings. The number of nitrogen functional groups attached to an aromatic ring is 1. The zero-order valence-corrected chi connectivity index (χ0v) is 12.1. The average molecular weight is 284 g/mol. The standard InChI is InChI=1S/C13H20N2O3S/c1-10-3-4-12(14)13(7-10)19(16,17)9-11-8-15(2)5-6-18-11/h3-4,7,11H,5-6,8-9,14H2,1-2H3.